The van der Waals surface area contributed by atoms with Crippen molar-refractivity contribution in [2.45, 2.75) is 24.0 Å². The molecular weight excluding hydrogens is 548 g/mol. The summed E-state index contributed by atoms with van der Waals surface area (Å²) in [5.74, 6) is -1.80. The van der Waals surface area contributed by atoms with E-state index >= 15 is 0 Å². The summed E-state index contributed by atoms with van der Waals surface area (Å²) in [6, 6.07) is 29.8. The van der Waals surface area contributed by atoms with Gasteiger partial charge in [0.25, 0.3) is 17.7 Å². The lowest BCUT2D eigenvalue weighted by molar-refractivity contribution is -0.115. The summed E-state index contributed by atoms with van der Waals surface area (Å²) in [5, 5.41) is 7.83. The zero-order valence-corrected chi connectivity index (χ0v) is 23.9. The number of nitrogens with one attached hydrogen (secondary N) is 3. The van der Waals surface area contributed by atoms with Gasteiger partial charge in [-0.1, -0.05) is 60.2 Å². The van der Waals surface area contributed by atoms with Crippen molar-refractivity contribution in [1.82, 2.24) is 5.32 Å². The van der Waals surface area contributed by atoms with Crippen LogP contribution in [0, 0.1) is 6.92 Å². The second-order valence-corrected chi connectivity index (χ2v) is 10.8. The Morgan fingerprint density at radius 2 is 1.43 bits per heavy atom. The van der Waals surface area contributed by atoms with Crippen LogP contribution in [-0.4, -0.2) is 28.9 Å². The SMILES string of the molecule is Cc1ccc(/C=C(\NC(=O)c2ccccc2)C(=O)Nc2ccc(SC(C)C(=O)Nc3ccccc3C(N)=O)cc2)cc1. The first-order chi connectivity index (χ1) is 20.2. The molecule has 0 aromatic heterocycles. The molecular formula is C33H30N4O4S. The second kappa shape index (κ2) is 14.0. The van der Waals surface area contributed by atoms with Crippen molar-refractivity contribution in [3.8, 4) is 0 Å². The molecule has 4 rings (SSSR count). The van der Waals surface area contributed by atoms with Crippen molar-refractivity contribution in [2.24, 2.45) is 5.73 Å². The van der Waals surface area contributed by atoms with Crippen LogP contribution in [0.15, 0.2) is 114 Å². The van der Waals surface area contributed by atoms with E-state index in [1.54, 1.807) is 85.8 Å². The number of carbonyl (C=O) groups is 4. The Hall–Kier alpha value is -5.15. The Bertz CT molecular complexity index is 1620. The zero-order valence-electron chi connectivity index (χ0n) is 23.1. The fourth-order valence-corrected chi connectivity index (χ4v) is 4.75. The minimum Gasteiger partial charge on any atom is -0.366 e. The molecule has 0 aliphatic carbocycles. The van der Waals surface area contributed by atoms with Crippen molar-refractivity contribution in [3.63, 3.8) is 0 Å². The number of thioether (sulfide) groups is 1. The fourth-order valence-electron chi connectivity index (χ4n) is 3.89. The molecule has 0 heterocycles. The van der Waals surface area contributed by atoms with Gasteiger partial charge in [-0.25, -0.2) is 0 Å². The van der Waals surface area contributed by atoms with E-state index in [0.717, 1.165) is 16.0 Å². The molecule has 0 saturated heterocycles. The van der Waals surface area contributed by atoms with Gasteiger partial charge < -0.3 is 21.7 Å². The maximum Gasteiger partial charge on any atom is 0.272 e. The Labute approximate surface area is 248 Å². The molecule has 4 aromatic carbocycles. The summed E-state index contributed by atoms with van der Waals surface area (Å²) in [6.07, 6.45) is 1.62. The first-order valence-corrected chi connectivity index (χ1v) is 14.0. The predicted octanol–water partition coefficient (Wildman–Crippen LogP) is 5.62. The van der Waals surface area contributed by atoms with Gasteiger partial charge in [-0.2, -0.15) is 0 Å². The summed E-state index contributed by atoms with van der Waals surface area (Å²) < 4.78 is 0. The van der Waals surface area contributed by atoms with Crippen LogP contribution in [0.4, 0.5) is 11.4 Å². The molecule has 42 heavy (non-hydrogen) atoms. The van der Waals surface area contributed by atoms with Crippen molar-refractivity contribution in [1.29, 1.82) is 0 Å². The number of hydrogen-bond acceptors (Lipinski definition) is 5. The van der Waals surface area contributed by atoms with Gasteiger partial charge in [0.2, 0.25) is 5.91 Å². The zero-order chi connectivity index (χ0) is 30.1. The van der Waals surface area contributed by atoms with Gasteiger partial charge in [-0.3, -0.25) is 19.2 Å². The Morgan fingerprint density at radius 3 is 2.10 bits per heavy atom. The molecule has 8 nitrogen and oxygen atoms in total. The molecule has 4 amide bonds. The highest BCUT2D eigenvalue weighted by Crippen LogP contribution is 2.26. The van der Waals surface area contributed by atoms with E-state index in [4.69, 9.17) is 5.73 Å². The van der Waals surface area contributed by atoms with Gasteiger partial charge in [0, 0.05) is 16.1 Å². The number of anilines is 2. The number of hydrogen-bond donors (Lipinski definition) is 4. The van der Waals surface area contributed by atoms with E-state index in [-0.39, 0.29) is 17.2 Å². The number of carbonyl (C=O) groups excluding carboxylic acids is 4. The molecule has 4 aromatic rings. The van der Waals surface area contributed by atoms with E-state index in [9.17, 15) is 19.2 Å². The average Bonchev–Trinajstić information content (AvgIpc) is 2.99. The maximum absolute atomic E-state index is 13.3. The molecule has 0 saturated carbocycles. The van der Waals surface area contributed by atoms with Crippen molar-refractivity contribution < 1.29 is 19.2 Å². The highest BCUT2D eigenvalue weighted by Gasteiger charge is 2.18. The number of primary amides is 1. The molecule has 0 fully saturated rings. The third-order valence-corrected chi connectivity index (χ3v) is 7.27. The smallest absolute Gasteiger partial charge is 0.272 e. The van der Waals surface area contributed by atoms with Crippen molar-refractivity contribution in [3.05, 3.63) is 131 Å². The molecule has 9 heteroatoms. The lowest BCUT2D eigenvalue weighted by Crippen LogP contribution is -2.30. The van der Waals surface area contributed by atoms with Crippen LogP contribution in [0.25, 0.3) is 6.08 Å². The summed E-state index contributed by atoms with van der Waals surface area (Å²) in [4.78, 5) is 51.3. The fraction of sp³-hybridized carbons (Fsp3) is 0.0909. The van der Waals surface area contributed by atoms with Crippen molar-refractivity contribution >= 4 is 52.8 Å². The normalized spacial score (nSPS) is 11.7. The van der Waals surface area contributed by atoms with Crippen LogP contribution in [0.2, 0.25) is 0 Å². The Kier molecular flexibility index (Phi) is 9.91. The first-order valence-electron chi connectivity index (χ1n) is 13.1. The van der Waals surface area contributed by atoms with E-state index < -0.39 is 23.0 Å². The highest BCUT2D eigenvalue weighted by molar-refractivity contribution is 8.00. The molecule has 212 valence electrons. The summed E-state index contributed by atoms with van der Waals surface area (Å²) in [5.41, 5.74) is 8.86. The minimum atomic E-state index is -0.625. The molecule has 0 spiro atoms. The van der Waals surface area contributed by atoms with E-state index in [2.05, 4.69) is 16.0 Å². The molecule has 0 bridgehead atoms. The predicted molar refractivity (Wildman–Crippen MR) is 167 cm³/mol. The first kappa shape index (κ1) is 29.8. The average molecular weight is 579 g/mol. The van der Waals surface area contributed by atoms with Crippen molar-refractivity contribution in [2.75, 3.05) is 10.6 Å². The lowest BCUT2D eigenvalue weighted by Gasteiger charge is -2.14. The molecule has 1 atom stereocenters. The van der Waals surface area contributed by atoms with Crippen LogP contribution in [-0.2, 0) is 9.59 Å². The number of benzene rings is 4. The standard InChI is InChI=1S/C33H30N4O4S/c1-21-12-14-23(15-13-21)20-29(37-32(40)24-8-4-3-5-9-24)33(41)35-25-16-18-26(19-17-25)42-22(2)31(39)36-28-11-7-6-10-27(28)30(34)38/h3-20,22H,1-2H3,(H2,34,38)(H,35,41)(H,36,39)(H,37,40)/b29-20-. The molecule has 0 radical (unpaired) electrons. The van der Waals surface area contributed by atoms with Crippen LogP contribution < -0.4 is 21.7 Å². The third kappa shape index (κ3) is 8.18. The summed E-state index contributed by atoms with van der Waals surface area (Å²) >= 11 is 1.32. The number of amides is 4. The van der Waals surface area contributed by atoms with E-state index in [0.29, 0.717) is 16.9 Å². The van der Waals surface area contributed by atoms with Crippen LogP contribution in [0.5, 0.6) is 0 Å². The summed E-state index contributed by atoms with van der Waals surface area (Å²) in [6.45, 7) is 3.72. The highest BCUT2D eigenvalue weighted by atomic mass is 32.2. The third-order valence-electron chi connectivity index (χ3n) is 6.16. The van der Waals surface area contributed by atoms with E-state index in [1.807, 2.05) is 37.3 Å². The minimum absolute atomic E-state index is 0.0905. The quantitative estimate of drug-likeness (QED) is 0.143. The molecule has 0 aliphatic heterocycles. The Balaban J connectivity index is 1.43. The van der Waals surface area contributed by atoms with Gasteiger partial charge in [0.1, 0.15) is 5.70 Å². The van der Waals surface area contributed by atoms with Gasteiger partial charge >= 0.3 is 0 Å². The number of nitrogens with two attached hydrogens (primary N) is 1. The van der Waals surface area contributed by atoms with Gasteiger partial charge in [-0.05, 0) is 74.0 Å². The second-order valence-electron chi connectivity index (χ2n) is 9.43. The maximum atomic E-state index is 13.3. The Morgan fingerprint density at radius 1 is 0.786 bits per heavy atom. The van der Waals surface area contributed by atoms with Gasteiger partial charge in [-0.15, -0.1) is 11.8 Å². The number of para-hydroxylation sites is 1. The monoisotopic (exact) mass is 578 g/mol. The topological polar surface area (TPSA) is 130 Å². The lowest BCUT2D eigenvalue weighted by atomic mass is 10.1. The number of aryl methyl sites for hydroxylation is 1. The van der Waals surface area contributed by atoms with Crippen LogP contribution >= 0.6 is 11.8 Å². The van der Waals surface area contributed by atoms with E-state index in [1.165, 1.54) is 11.8 Å². The molecule has 1 unspecified atom stereocenters. The van der Waals surface area contributed by atoms with Crippen LogP contribution in [0.1, 0.15) is 38.8 Å². The van der Waals surface area contributed by atoms with Crippen LogP contribution in [0.3, 0.4) is 0 Å². The molecule has 5 N–H and O–H groups in total. The van der Waals surface area contributed by atoms with Gasteiger partial charge in [0.05, 0.1) is 16.5 Å². The largest absolute Gasteiger partial charge is 0.366 e. The number of rotatable bonds is 10. The summed E-state index contributed by atoms with van der Waals surface area (Å²) in [7, 11) is 0. The molecule has 0 aliphatic rings. The van der Waals surface area contributed by atoms with Gasteiger partial charge in [0.15, 0.2) is 0 Å².